The van der Waals surface area contributed by atoms with Crippen molar-refractivity contribution in [2.24, 2.45) is 4.99 Å². The molecule has 0 aliphatic heterocycles. The second-order valence-electron chi connectivity index (χ2n) is 20.9. The summed E-state index contributed by atoms with van der Waals surface area (Å²) in [6, 6.07) is 87.9. The molecule has 2 aromatic heterocycles. The lowest BCUT2D eigenvalue weighted by Gasteiger charge is -2.33. The maximum absolute atomic E-state index is 5.65. The molecule has 0 atom stereocenters. The third kappa shape index (κ3) is 8.34. The number of rotatable bonds is 12. The third-order valence-electron chi connectivity index (χ3n) is 15.8. The van der Waals surface area contributed by atoms with Crippen LogP contribution in [-0.4, -0.2) is 20.8 Å². The van der Waals surface area contributed by atoms with Crippen LogP contribution in [0.25, 0.3) is 111 Å². The van der Waals surface area contributed by atoms with Gasteiger partial charge in [0, 0.05) is 27.9 Å². The van der Waals surface area contributed by atoms with Gasteiger partial charge < -0.3 is 9.13 Å². The Bertz CT molecular complexity index is 4240. The number of aromatic nitrogens is 3. The van der Waals surface area contributed by atoms with Crippen molar-refractivity contribution in [3.05, 3.63) is 278 Å². The molecule has 1 aliphatic rings. The number of para-hydroxylation sites is 1. The van der Waals surface area contributed by atoms with Crippen LogP contribution >= 0.6 is 0 Å². The van der Waals surface area contributed by atoms with Crippen LogP contribution in [-0.2, 0) is 5.54 Å². The first-order valence-corrected chi connectivity index (χ1v) is 27.1. The first kappa shape index (κ1) is 48.0. The van der Waals surface area contributed by atoms with Gasteiger partial charge in [0.25, 0.3) is 0 Å². The zero-order valence-corrected chi connectivity index (χ0v) is 44.2. The lowest BCUT2D eigenvalue weighted by molar-refractivity contribution is 0.437. The van der Waals surface area contributed by atoms with E-state index in [4.69, 9.17) is 4.98 Å². The second-order valence-corrected chi connectivity index (χ2v) is 20.9. The third-order valence-corrected chi connectivity index (χ3v) is 15.8. The minimum atomic E-state index is -0.556. The molecule has 2 heterocycles. The van der Waals surface area contributed by atoms with Gasteiger partial charge in [-0.05, 0) is 142 Å². The monoisotopic (exact) mass is 1000 g/mol. The quantitative estimate of drug-likeness (QED) is 0.0887. The topological polar surface area (TPSA) is 35.1 Å². The number of aliphatic imine (C=N–C) groups is 1. The largest absolute Gasteiger partial charge is 0.314 e. The predicted octanol–water partition coefficient (Wildman–Crippen LogP) is 19.8. The van der Waals surface area contributed by atoms with Gasteiger partial charge in [-0.1, -0.05) is 231 Å². The summed E-state index contributed by atoms with van der Waals surface area (Å²) in [5.41, 5.74) is 20.5. The van der Waals surface area contributed by atoms with Gasteiger partial charge in [0.2, 0.25) is 0 Å². The van der Waals surface area contributed by atoms with E-state index in [9.17, 15) is 0 Å². The molecule has 374 valence electrons. The first-order valence-electron chi connectivity index (χ1n) is 27.1. The molecule has 0 amide bonds. The fourth-order valence-electron chi connectivity index (χ4n) is 12.1. The van der Waals surface area contributed by atoms with Gasteiger partial charge in [-0.2, -0.15) is 0 Å². The maximum atomic E-state index is 5.65. The van der Waals surface area contributed by atoms with Crippen LogP contribution in [0.1, 0.15) is 43.5 Å². The van der Waals surface area contributed by atoms with Crippen LogP contribution in [0.5, 0.6) is 0 Å². The van der Waals surface area contributed by atoms with E-state index in [0.717, 1.165) is 91.8 Å². The highest BCUT2D eigenvalue weighted by Gasteiger charge is 2.34. The number of hydrogen-bond donors (Lipinski definition) is 0. The molecular formula is C74H58N4. The van der Waals surface area contributed by atoms with Crippen molar-refractivity contribution in [3.8, 4) is 84.2 Å². The van der Waals surface area contributed by atoms with Gasteiger partial charge >= 0.3 is 0 Å². The van der Waals surface area contributed by atoms with Gasteiger partial charge in [-0.25, -0.2) is 4.98 Å². The molecule has 4 nitrogen and oxygen atoms in total. The molecule has 78 heavy (non-hydrogen) atoms. The fourth-order valence-corrected chi connectivity index (χ4v) is 12.1. The van der Waals surface area contributed by atoms with Crippen molar-refractivity contribution >= 4 is 39.5 Å². The van der Waals surface area contributed by atoms with E-state index in [0.29, 0.717) is 0 Å². The Hall–Kier alpha value is -9.64. The molecule has 0 bridgehead atoms. The molecule has 0 saturated heterocycles. The molecule has 0 spiro atoms. The number of nitrogens with zero attached hydrogens (tertiary/aromatic N) is 4. The highest BCUT2D eigenvalue weighted by Crippen LogP contribution is 2.49. The summed E-state index contributed by atoms with van der Waals surface area (Å²) in [6.07, 6.45) is 9.02. The van der Waals surface area contributed by atoms with Crippen LogP contribution in [0, 0.1) is 6.92 Å². The van der Waals surface area contributed by atoms with Crippen molar-refractivity contribution in [1.29, 1.82) is 0 Å². The molecule has 0 saturated carbocycles. The highest BCUT2D eigenvalue weighted by atomic mass is 15.2. The Morgan fingerprint density at radius 3 is 1.63 bits per heavy atom. The molecule has 10 aromatic carbocycles. The van der Waals surface area contributed by atoms with E-state index >= 15 is 0 Å². The number of benzene rings is 10. The van der Waals surface area contributed by atoms with E-state index < -0.39 is 5.54 Å². The van der Waals surface area contributed by atoms with Crippen LogP contribution in [0.4, 0.5) is 5.69 Å². The Balaban J connectivity index is 1.01. The van der Waals surface area contributed by atoms with Crippen molar-refractivity contribution in [1.82, 2.24) is 14.1 Å². The molecule has 4 heteroatoms. The SMILES string of the molecule is C=Nc1ccccc1-c1cc(-c2ccccc2)c(-c2ccccc2)n1-c1cccc(-c2c3ccccc3c(-c3cccc(C(C)(C)n4c(-c5ccccc5C)nc(-c5ccccc5)c4C4=CCCC=C4)c3)c3ccccc23)c1. The number of fused-ring (bicyclic) bond motifs is 2. The van der Waals surface area contributed by atoms with Crippen LogP contribution < -0.4 is 0 Å². The number of allylic oxidation sites excluding steroid dienone is 4. The van der Waals surface area contributed by atoms with Crippen molar-refractivity contribution in [2.75, 3.05) is 0 Å². The molecule has 13 rings (SSSR count). The van der Waals surface area contributed by atoms with Gasteiger partial charge in [-0.3, -0.25) is 4.99 Å². The summed E-state index contributed by atoms with van der Waals surface area (Å²) in [4.78, 5) is 10.2. The number of imidazole rings is 1. The Kier molecular flexibility index (Phi) is 12.4. The predicted molar refractivity (Wildman–Crippen MR) is 330 cm³/mol. The summed E-state index contributed by atoms with van der Waals surface area (Å²) in [5.74, 6) is 0.959. The molecular weight excluding hydrogens is 945 g/mol. The fraction of sp³-hybridized carbons (Fsp3) is 0.0811. The van der Waals surface area contributed by atoms with E-state index in [-0.39, 0.29) is 0 Å². The summed E-state index contributed by atoms with van der Waals surface area (Å²) < 4.78 is 4.95. The second kappa shape index (κ2) is 20.1. The summed E-state index contributed by atoms with van der Waals surface area (Å²) in [6.45, 7) is 10.9. The van der Waals surface area contributed by atoms with E-state index in [1.165, 1.54) is 54.9 Å². The van der Waals surface area contributed by atoms with Gasteiger partial charge in [0.05, 0.1) is 34.0 Å². The lowest BCUT2D eigenvalue weighted by Crippen LogP contribution is -2.30. The van der Waals surface area contributed by atoms with Crippen molar-refractivity contribution in [3.63, 3.8) is 0 Å². The Morgan fingerprint density at radius 1 is 0.474 bits per heavy atom. The average molecular weight is 1000 g/mol. The smallest absolute Gasteiger partial charge is 0.142 e. The molecule has 0 unspecified atom stereocenters. The normalized spacial score (nSPS) is 12.5. The average Bonchev–Trinajstić information content (AvgIpc) is 4.29. The molecule has 0 fully saturated rings. The van der Waals surface area contributed by atoms with Gasteiger partial charge in [0.15, 0.2) is 0 Å². The standard InChI is InChI=1S/C74H58N4/c1-50-27-17-18-40-59(50)73-76-70(52-30-11-6-12-31-52)72(54-34-15-8-16-35-54)78(73)74(2,3)57-38-25-36-55(47-57)68-60-41-19-21-43-62(60)69(63-44-22-20-42-61(63)68)56-37-26-39-58(48-56)77-67(64-45-23-24-46-66(64)75-4)49-65(51-28-9-5-10-29-51)71(77)53-32-13-7-14-33-53/h5-7,9-15,17-49H,4,8,16H2,1-3H3. The molecule has 0 radical (unpaired) electrons. The van der Waals surface area contributed by atoms with Crippen LogP contribution in [0.2, 0.25) is 0 Å². The van der Waals surface area contributed by atoms with E-state index in [1.807, 2.05) is 12.1 Å². The van der Waals surface area contributed by atoms with Crippen molar-refractivity contribution < 1.29 is 0 Å². The first-order chi connectivity index (χ1) is 38.4. The van der Waals surface area contributed by atoms with Crippen LogP contribution in [0.3, 0.4) is 0 Å². The summed E-state index contributed by atoms with van der Waals surface area (Å²) >= 11 is 0. The summed E-state index contributed by atoms with van der Waals surface area (Å²) in [7, 11) is 0. The molecule has 12 aromatic rings. The van der Waals surface area contributed by atoms with Crippen molar-refractivity contribution in [2.45, 2.75) is 39.2 Å². The maximum Gasteiger partial charge on any atom is 0.142 e. The van der Waals surface area contributed by atoms with Gasteiger partial charge in [0.1, 0.15) is 5.82 Å². The van der Waals surface area contributed by atoms with E-state index in [1.54, 1.807) is 0 Å². The van der Waals surface area contributed by atoms with Gasteiger partial charge in [-0.15, -0.1) is 0 Å². The Labute approximate surface area is 457 Å². The molecule has 0 N–H and O–H groups in total. The molecule has 1 aliphatic carbocycles. The Morgan fingerprint density at radius 2 is 1.01 bits per heavy atom. The zero-order chi connectivity index (χ0) is 52.7. The minimum Gasteiger partial charge on any atom is -0.314 e. The van der Waals surface area contributed by atoms with Crippen LogP contribution in [0.15, 0.2) is 266 Å². The highest BCUT2D eigenvalue weighted by molar-refractivity contribution is 6.21. The zero-order valence-electron chi connectivity index (χ0n) is 44.2. The van der Waals surface area contributed by atoms with E-state index in [2.05, 4.69) is 290 Å². The number of aryl methyl sites for hydroxylation is 1. The number of hydrogen-bond acceptors (Lipinski definition) is 2. The lowest BCUT2D eigenvalue weighted by atomic mass is 9.84. The summed E-state index contributed by atoms with van der Waals surface area (Å²) in [5, 5.41) is 4.78. The minimum absolute atomic E-state index is 0.556.